The number of hydrogen-bond acceptors (Lipinski definition) is 5. The van der Waals surface area contributed by atoms with Gasteiger partial charge in [-0.1, -0.05) is 0 Å². The second kappa shape index (κ2) is 7.00. The van der Waals surface area contributed by atoms with E-state index in [-0.39, 0.29) is 5.91 Å². The highest BCUT2D eigenvalue weighted by Gasteiger charge is 2.17. The summed E-state index contributed by atoms with van der Waals surface area (Å²) in [5.74, 6) is 2.04. The van der Waals surface area contributed by atoms with Crippen LogP contribution < -0.4 is 24.3 Å². The molecule has 0 radical (unpaired) electrons. The fraction of sp³-hybridized carbons (Fsp3) is 0.235. The number of fused-ring (bicyclic) bond motifs is 1. The first-order valence-corrected chi connectivity index (χ1v) is 8.03. The van der Waals surface area contributed by atoms with E-state index in [1.807, 2.05) is 0 Å². The topological polar surface area (TPSA) is 66.0 Å². The summed E-state index contributed by atoms with van der Waals surface area (Å²) in [5, 5.41) is 2.85. The Morgan fingerprint density at radius 2 is 1.58 bits per heavy atom. The third kappa shape index (κ3) is 3.41. The zero-order valence-corrected chi connectivity index (χ0v) is 14.8. The van der Waals surface area contributed by atoms with Crippen LogP contribution in [0.5, 0.6) is 23.0 Å². The second-order valence-electron chi connectivity index (χ2n) is 5.03. The predicted octanol–water partition coefficient (Wildman–Crippen LogP) is 3.49. The van der Waals surface area contributed by atoms with E-state index in [9.17, 15) is 4.79 Å². The number of amides is 1. The maximum absolute atomic E-state index is 12.6. The van der Waals surface area contributed by atoms with Crippen molar-refractivity contribution >= 4 is 27.5 Å². The van der Waals surface area contributed by atoms with Crippen LogP contribution in [0.1, 0.15) is 10.4 Å². The zero-order chi connectivity index (χ0) is 17.1. The highest BCUT2D eigenvalue weighted by atomic mass is 79.9. The third-order valence-electron chi connectivity index (χ3n) is 3.49. The van der Waals surface area contributed by atoms with Gasteiger partial charge in [0.15, 0.2) is 11.5 Å². The Morgan fingerprint density at radius 3 is 2.17 bits per heavy atom. The number of hydrogen-bond donors (Lipinski definition) is 1. The van der Waals surface area contributed by atoms with Crippen molar-refractivity contribution in [2.75, 3.05) is 32.8 Å². The Kier molecular flexibility index (Phi) is 4.80. The van der Waals surface area contributed by atoms with Crippen LogP contribution in [0.3, 0.4) is 0 Å². The molecule has 0 atom stereocenters. The zero-order valence-electron chi connectivity index (χ0n) is 13.2. The molecule has 0 saturated heterocycles. The largest absolute Gasteiger partial charge is 0.497 e. The van der Waals surface area contributed by atoms with Crippen LogP contribution in [0.15, 0.2) is 34.8 Å². The van der Waals surface area contributed by atoms with Gasteiger partial charge in [-0.15, -0.1) is 0 Å². The van der Waals surface area contributed by atoms with Gasteiger partial charge in [0, 0.05) is 28.2 Å². The van der Waals surface area contributed by atoms with E-state index in [2.05, 4.69) is 21.2 Å². The van der Waals surface area contributed by atoms with E-state index < -0.39 is 0 Å². The molecule has 0 fully saturated rings. The highest BCUT2D eigenvalue weighted by Crippen LogP contribution is 2.38. The van der Waals surface area contributed by atoms with E-state index in [1.54, 1.807) is 30.3 Å². The molecule has 0 aliphatic carbocycles. The van der Waals surface area contributed by atoms with Gasteiger partial charge < -0.3 is 24.3 Å². The fourth-order valence-corrected chi connectivity index (χ4v) is 2.71. The Balaban J connectivity index is 1.87. The Labute approximate surface area is 147 Å². The number of halogens is 1. The molecule has 0 spiro atoms. The average molecular weight is 394 g/mol. The number of ether oxygens (including phenoxy) is 4. The maximum atomic E-state index is 12.6. The van der Waals surface area contributed by atoms with Crippen molar-refractivity contribution in [2.24, 2.45) is 0 Å². The quantitative estimate of drug-likeness (QED) is 0.860. The van der Waals surface area contributed by atoms with Crippen LogP contribution in [-0.4, -0.2) is 33.3 Å². The summed E-state index contributed by atoms with van der Waals surface area (Å²) in [6, 6.07) is 8.49. The van der Waals surface area contributed by atoms with Crippen molar-refractivity contribution < 1.29 is 23.7 Å². The number of benzene rings is 2. The van der Waals surface area contributed by atoms with Crippen molar-refractivity contribution in [2.45, 2.75) is 0 Å². The fourth-order valence-electron chi connectivity index (χ4n) is 2.29. The van der Waals surface area contributed by atoms with Crippen molar-refractivity contribution in [1.82, 2.24) is 0 Å². The Hall–Kier alpha value is -2.41. The summed E-state index contributed by atoms with van der Waals surface area (Å²) in [5.41, 5.74) is 1.01. The van der Waals surface area contributed by atoms with Crippen LogP contribution in [0, 0.1) is 0 Å². The summed E-state index contributed by atoms with van der Waals surface area (Å²) in [6.45, 7) is 0.990. The molecule has 126 valence electrons. The summed E-state index contributed by atoms with van der Waals surface area (Å²) in [7, 11) is 3.07. The van der Waals surface area contributed by atoms with Gasteiger partial charge in [-0.3, -0.25) is 4.79 Å². The molecule has 7 heteroatoms. The minimum absolute atomic E-state index is 0.287. The molecule has 1 heterocycles. The normalized spacial score (nSPS) is 12.5. The van der Waals surface area contributed by atoms with Crippen molar-refractivity contribution in [1.29, 1.82) is 0 Å². The molecule has 6 nitrogen and oxygen atoms in total. The van der Waals surface area contributed by atoms with E-state index >= 15 is 0 Å². The van der Waals surface area contributed by atoms with E-state index in [4.69, 9.17) is 18.9 Å². The number of rotatable bonds is 4. The summed E-state index contributed by atoms with van der Waals surface area (Å²) >= 11 is 3.43. The number of methoxy groups -OCH3 is 2. The van der Waals surface area contributed by atoms with Crippen LogP contribution >= 0.6 is 15.9 Å². The van der Waals surface area contributed by atoms with Crippen molar-refractivity contribution in [3.05, 3.63) is 40.4 Å². The second-order valence-corrected chi connectivity index (χ2v) is 5.89. The van der Waals surface area contributed by atoms with Crippen LogP contribution in [-0.2, 0) is 0 Å². The van der Waals surface area contributed by atoms with Gasteiger partial charge in [-0.2, -0.15) is 0 Å². The molecule has 2 aromatic rings. The minimum atomic E-state index is -0.287. The first-order chi connectivity index (χ1) is 11.6. The molecule has 1 N–H and O–H groups in total. The molecule has 0 aromatic heterocycles. The molecule has 0 saturated carbocycles. The molecule has 1 aliphatic heterocycles. The van der Waals surface area contributed by atoms with Crippen LogP contribution in [0.4, 0.5) is 5.69 Å². The molecule has 2 aromatic carbocycles. The molecule has 0 bridgehead atoms. The van der Waals surface area contributed by atoms with E-state index in [0.717, 1.165) is 0 Å². The first kappa shape index (κ1) is 16.4. The molecular formula is C17H16BrNO5. The van der Waals surface area contributed by atoms with Crippen molar-refractivity contribution in [3.8, 4) is 23.0 Å². The lowest BCUT2D eigenvalue weighted by atomic mass is 10.1. The number of nitrogens with one attached hydrogen (secondary N) is 1. The summed E-state index contributed by atoms with van der Waals surface area (Å²) in [6.07, 6.45) is 0. The summed E-state index contributed by atoms with van der Waals surface area (Å²) in [4.78, 5) is 12.6. The van der Waals surface area contributed by atoms with Gasteiger partial charge in [0.2, 0.25) is 0 Å². The molecular weight excluding hydrogens is 378 g/mol. The number of carbonyl (C=O) groups is 1. The predicted molar refractivity (Wildman–Crippen MR) is 92.6 cm³/mol. The maximum Gasteiger partial charge on any atom is 0.255 e. The van der Waals surface area contributed by atoms with Gasteiger partial charge in [-0.25, -0.2) is 0 Å². The lowest BCUT2D eigenvalue weighted by molar-refractivity contribution is 0.102. The number of anilines is 1. The SMILES string of the molecule is COc1cc(OC)cc(C(=O)Nc2cc3c(cc2Br)OCCO3)c1. The van der Waals surface area contributed by atoms with Gasteiger partial charge in [0.1, 0.15) is 24.7 Å². The molecule has 3 rings (SSSR count). The van der Waals surface area contributed by atoms with Crippen LogP contribution in [0.25, 0.3) is 0 Å². The molecule has 24 heavy (non-hydrogen) atoms. The Morgan fingerprint density at radius 1 is 1.00 bits per heavy atom. The standard InChI is InChI=1S/C17H16BrNO5/c1-21-11-5-10(6-12(7-11)22-2)17(20)19-14-9-16-15(8-13(14)18)23-3-4-24-16/h5-9H,3-4H2,1-2H3,(H,19,20). The van der Waals surface area contributed by atoms with E-state index in [0.29, 0.717) is 51.9 Å². The smallest absolute Gasteiger partial charge is 0.255 e. The lowest BCUT2D eigenvalue weighted by Gasteiger charge is -2.20. The summed E-state index contributed by atoms with van der Waals surface area (Å²) < 4.78 is 22.1. The lowest BCUT2D eigenvalue weighted by Crippen LogP contribution is -2.17. The number of carbonyl (C=O) groups excluding carboxylic acids is 1. The van der Waals surface area contributed by atoms with Gasteiger partial charge in [-0.05, 0) is 28.1 Å². The molecule has 1 amide bonds. The monoisotopic (exact) mass is 393 g/mol. The van der Waals surface area contributed by atoms with Crippen molar-refractivity contribution in [3.63, 3.8) is 0 Å². The van der Waals surface area contributed by atoms with Gasteiger partial charge >= 0.3 is 0 Å². The highest BCUT2D eigenvalue weighted by molar-refractivity contribution is 9.10. The molecule has 1 aliphatic rings. The first-order valence-electron chi connectivity index (χ1n) is 7.24. The van der Waals surface area contributed by atoms with Crippen LogP contribution in [0.2, 0.25) is 0 Å². The molecule has 0 unspecified atom stereocenters. The Bertz CT molecular complexity index is 756. The minimum Gasteiger partial charge on any atom is -0.497 e. The van der Waals surface area contributed by atoms with Gasteiger partial charge in [0.25, 0.3) is 5.91 Å². The third-order valence-corrected chi connectivity index (χ3v) is 4.15. The van der Waals surface area contributed by atoms with Gasteiger partial charge in [0.05, 0.1) is 19.9 Å². The van der Waals surface area contributed by atoms with E-state index in [1.165, 1.54) is 14.2 Å². The average Bonchev–Trinajstić information content (AvgIpc) is 2.61.